The van der Waals surface area contributed by atoms with E-state index in [2.05, 4.69) is 20.9 Å². The van der Waals surface area contributed by atoms with Gasteiger partial charge in [0.1, 0.15) is 0 Å². The summed E-state index contributed by atoms with van der Waals surface area (Å²) in [6.45, 7) is 0. The van der Waals surface area contributed by atoms with Crippen LogP contribution < -0.4 is 0 Å². The number of aromatic nitrogens is 1. The van der Waals surface area contributed by atoms with E-state index in [9.17, 15) is 8.78 Å². The number of hydrogen-bond donors (Lipinski definition) is 0. The molecule has 0 N–H and O–H groups in total. The van der Waals surface area contributed by atoms with Crippen LogP contribution >= 0.6 is 15.9 Å². The Morgan fingerprint density at radius 2 is 2.00 bits per heavy atom. The smallest absolute Gasteiger partial charge is 0.168 e. The quantitative estimate of drug-likeness (QED) is 0.692. The van der Waals surface area contributed by atoms with E-state index in [1.807, 2.05) is 0 Å². The maximum atomic E-state index is 13.1. The molecule has 1 aromatic carbocycles. The number of halogens is 3. The minimum atomic E-state index is -0.855. The predicted molar refractivity (Wildman–Crippen MR) is 49.4 cm³/mol. The van der Waals surface area contributed by atoms with Crippen molar-refractivity contribution in [2.24, 2.45) is 0 Å². The molecule has 2 aromatic rings. The first kappa shape index (κ1) is 8.56. The van der Waals surface area contributed by atoms with Crippen LogP contribution in [-0.4, -0.2) is 4.98 Å². The zero-order chi connectivity index (χ0) is 9.42. The fourth-order valence-electron chi connectivity index (χ4n) is 1.11. The normalized spacial score (nSPS) is 10.7. The standard InChI is InChI=1S/C9H4BrF2N/c10-5-3-6-8(13-4-5)2-1-7(11)9(6)12/h1-4H. The SMILES string of the molecule is Fc1ccc2ncc(Br)cc2c1F. The zero-order valence-electron chi connectivity index (χ0n) is 6.39. The van der Waals surface area contributed by atoms with Crippen LogP contribution in [0, 0.1) is 11.6 Å². The summed E-state index contributed by atoms with van der Waals surface area (Å²) in [6, 6.07) is 4.01. The molecule has 0 bridgehead atoms. The van der Waals surface area contributed by atoms with E-state index >= 15 is 0 Å². The van der Waals surface area contributed by atoms with Gasteiger partial charge in [-0.25, -0.2) is 8.78 Å². The second-order valence-electron chi connectivity index (χ2n) is 2.58. The van der Waals surface area contributed by atoms with Crippen LogP contribution in [0.1, 0.15) is 0 Å². The van der Waals surface area contributed by atoms with Crippen molar-refractivity contribution in [2.75, 3.05) is 0 Å². The molecule has 0 spiro atoms. The number of nitrogens with zero attached hydrogens (tertiary/aromatic N) is 1. The number of benzene rings is 1. The summed E-state index contributed by atoms with van der Waals surface area (Å²) in [4.78, 5) is 3.93. The van der Waals surface area contributed by atoms with Gasteiger partial charge < -0.3 is 0 Å². The van der Waals surface area contributed by atoms with Gasteiger partial charge in [-0.05, 0) is 34.1 Å². The molecule has 4 heteroatoms. The third kappa shape index (κ3) is 1.42. The second kappa shape index (κ2) is 3.03. The molecule has 1 aromatic heterocycles. The summed E-state index contributed by atoms with van der Waals surface area (Å²) in [6.07, 6.45) is 1.54. The monoisotopic (exact) mass is 243 g/mol. The van der Waals surface area contributed by atoms with Gasteiger partial charge in [0.2, 0.25) is 0 Å². The summed E-state index contributed by atoms with van der Waals surface area (Å²) in [5.41, 5.74) is 0.446. The lowest BCUT2D eigenvalue weighted by atomic mass is 10.2. The van der Waals surface area contributed by atoms with Gasteiger partial charge in [0.05, 0.1) is 5.52 Å². The molecule has 2 rings (SSSR count). The Labute approximate surface area is 81.5 Å². The Morgan fingerprint density at radius 1 is 1.23 bits per heavy atom. The molecule has 0 aliphatic rings. The highest BCUT2D eigenvalue weighted by atomic mass is 79.9. The maximum Gasteiger partial charge on any atom is 0.168 e. The third-order valence-corrected chi connectivity index (χ3v) is 2.15. The van der Waals surface area contributed by atoms with Crippen molar-refractivity contribution >= 4 is 26.8 Å². The van der Waals surface area contributed by atoms with Crippen LogP contribution in [0.15, 0.2) is 28.9 Å². The second-order valence-corrected chi connectivity index (χ2v) is 3.50. The molecule has 0 amide bonds. The highest BCUT2D eigenvalue weighted by Crippen LogP contribution is 2.21. The summed E-state index contributed by atoms with van der Waals surface area (Å²) in [5, 5.41) is 0.189. The molecular weight excluding hydrogens is 240 g/mol. The Morgan fingerprint density at radius 3 is 2.77 bits per heavy atom. The Balaban J connectivity index is 2.89. The molecule has 0 saturated carbocycles. The minimum absolute atomic E-state index is 0.189. The molecule has 13 heavy (non-hydrogen) atoms. The molecule has 0 aliphatic carbocycles. The van der Waals surface area contributed by atoms with E-state index in [-0.39, 0.29) is 5.39 Å². The molecule has 1 nitrogen and oxygen atoms in total. The van der Waals surface area contributed by atoms with Gasteiger partial charge in [-0.3, -0.25) is 4.98 Å². The fourth-order valence-corrected chi connectivity index (χ4v) is 1.44. The average molecular weight is 244 g/mol. The van der Waals surface area contributed by atoms with Crippen molar-refractivity contribution in [1.29, 1.82) is 0 Å². The Bertz CT molecular complexity index is 465. The van der Waals surface area contributed by atoms with Gasteiger partial charge in [-0.2, -0.15) is 0 Å². The van der Waals surface area contributed by atoms with E-state index in [4.69, 9.17) is 0 Å². The van der Waals surface area contributed by atoms with E-state index in [1.54, 1.807) is 6.20 Å². The fraction of sp³-hybridized carbons (Fsp3) is 0. The molecule has 1 heterocycles. The lowest BCUT2D eigenvalue weighted by Crippen LogP contribution is -1.87. The highest BCUT2D eigenvalue weighted by molar-refractivity contribution is 9.10. The van der Waals surface area contributed by atoms with Crippen molar-refractivity contribution in [3.05, 3.63) is 40.5 Å². The predicted octanol–water partition coefficient (Wildman–Crippen LogP) is 3.28. The van der Waals surface area contributed by atoms with Crippen molar-refractivity contribution in [1.82, 2.24) is 4.98 Å². The summed E-state index contributed by atoms with van der Waals surface area (Å²) in [5.74, 6) is -1.71. The minimum Gasteiger partial charge on any atom is -0.255 e. The molecule has 0 fully saturated rings. The average Bonchev–Trinajstić information content (AvgIpc) is 2.12. The van der Waals surface area contributed by atoms with Crippen LogP contribution in [0.2, 0.25) is 0 Å². The van der Waals surface area contributed by atoms with Gasteiger partial charge in [0, 0.05) is 16.1 Å². The van der Waals surface area contributed by atoms with Crippen molar-refractivity contribution in [3.63, 3.8) is 0 Å². The third-order valence-electron chi connectivity index (χ3n) is 1.72. The number of hydrogen-bond acceptors (Lipinski definition) is 1. The van der Waals surface area contributed by atoms with Gasteiger partial charge in [-0.1, -0.05) is 0 Å². The molecular formula is C9H4BrF2N. The lowest BCUT2D eigenvalue weighted by molar-refractivity contribution is 0.517. The van der Waals surface area contributed by atoms with Gasteiger partial charge in [0.25, 0.3) is 0 Å². The topological polar surface area (TPSA) is 12.9 Å². The van der Waals surface area contributed by atoms with E-state index in [0.717, 1.165) is 6.07 Å². The largest absolute Gasteiger partial charge is 0.255 e. The molecule has 66 valence electrons. The number of rotatable bonds is 0. The molecule has 0 unspecified atom stereocenters. The molecule has 0 saturated heterocycles. The summed E-state index contributed by atoms with van der Waals surface area (Å²) >= 11 is 3.14. The highest BCUT2D eigenvalue weighted by Gasteiger charge is 2.07. The van der Waals surface area contributed by atoms with E-state index in [0.29, 0.717) is 9.99 Å². The van der Waals surface area contributed by atoms with Crippen molar-refractivity contribution in [3.8, 4) is 0 Å². The van der Waals surface area contributed by atoms with Gasteiger partial charge >= 0.3 is 0 Å². The van der Waals surface area contributed by atoms with E-state index < -0.39 is 11.6 Å². The molecule has 0 aliphatic heterocycles. The van der Waals surface area contributed by atoms with Crippen LogP contribution in [0.5, 0.6) is 0 Å². The van der Waals surface area contributed by atoms with Gasteiger partial charge in [-0.15, -0.1) is 0 Å². The first-order valence-electron chi connectivity index (χ1n) is 3.58. The van der Waals surface area contributed by atoms with Crippen molar-refractivity contribution in [2.45, 2.75) is 0 Å². The van der Waals surface area contributed by atoms with Crippen LogP contribution in [0.4, 0.5) is 8.78 Å². The van der Waals surface area contributed by atoms with E-state index in [1.165, 1.54) is 12.1 Å². The Hall–Kier alpha value is -1.03. The van der Waals surface area contributed by atoms with Crippen LogP contribution in [-0.2, 0) is 0 Å². The summed E-state index contributed by atoms with van der Waals surface area (Å²) < 4.78 is 26.5. The number of pyridine rings is 1. The van der Waals surface area contributed by atoms with Crippen LogP contribution in [0.25, 0.3) is 10.9 Å². The molecule has 0 radical (unpaired) electrons. The van der Waals surface area contributed by atoms with Crippen molar-refractivity contribution < 1.29 is 8.78 Å². The molecule has 0 atom stereocenters. The number of fused-ring (bicyclic) bond motifs is 1. The van der Waals surface area contributed by atoms with Gasteiger partial charge in [0.15, 0.2) is 11.6 Å². The first-order chi connectivity index (χ1) is 6.18. The summed E-state index contributed by atoms with van der Waals surface area (Å²) in [7, 11) is 0. The maximum absolute atomic E-state index is 13.1. The Kier molecular flexibility index (Phi) is 2.00. The zero-order valence-corrected chi connectivity index (χ0v) is 7.98. The lowest BCUT2D eigenvalue weighted by Gasteiger charge is -1.99. The first-order valence-corrected chi connectivity index (χ1v) is 4.37. The van der Waals surface area contributed by atoms with Crippen LogP contribution in [0.3, 0.4) is 0 Å².